The van der Waals surface area contributed by atoms with E-state index >= 15 is 0 Å². The molecule has 0 amide bonds. The van der Waals surface area contributed by atoms with E-state index in [1.54, 1.807) is 0 Å². The highest BCUT2D eigenvalue weighted by Crippen LogP contribution is 2.23. The van der Waals surface area contributed by atoms with Crippen molar-refractivity contribution in [3.8, 4) is 0 Å². The molecule has 114 valence electrons. The van der Waals surface area contributed by atoms with Crippen molar-refractivity contribution in [3.05, 3.63) is 11.9 Å². The van der Waals surface area contributed by atoms with E-state index in [0.717, 1.165) is 42.7 Å². The molecule has 1 rings (SSSR count). The second-order valence-corrected chi connectivity index (χ2v) is 7.01. The standard InChI is InChI=1S/C15H28N4S/c1-7-8-16-12-11-13(19(5)9-10-20-6)18-14(17-12)15(2,3)4/h11H,7-10H2,1-6H3,(H,16,17,18). The normalized spacial score (nSPS) is 11.5. The summed E-state index contributed by atoms with van der Waals surface area (Å²) in [7, 11) is 2.09. The Bertz CT molecular complexity index is 415. The lowest BCUT2D eigenvalue weighted by molar-refractivity contribution is 0.545. The third kappa shape index (κ3) is 5.19. The van der Waals surface area contributed by atoms with E-state index in [9.17, 15) is 0 Å². The number of anilines is 2. The number of hydrogen-bond acceptors (Lipinski definition) is 5. The highest BCUT2D eigenvalue weighted by molar-refractivity contribution is 7.98. The molecule has 0 spiro atoms. The van der Waals surface area contributed by atoms with Gasteiger partial charge in [0.05, 0.1) is 0 Å². The summed E-state index contributed by atoms with van der Waals surface area (Å²) in [6.07, 6.45) is 3.22. The Morgan fingerprint density at radius 3 is 2.55 bits per heavy atom. The van der Waals surface area contributed by atoms with Crippen molar-refractivity contribution in [2.75, 3.05) is 42.4 Å². The summed E-state index contributed by atoms with van der Waals surface area (Å²) in [4.78, 5) is 11.6. The largest absolute Gasteiger partial charge is 0.370 e. The maximum Gasteiger partial charge on any atom is 0.138 e. The van der Waals surface area contributed by atoms with Gasteiger partial charge in [-0.25, -0.2) is 9.97 Å². The zero-order chi connectivity index (χ0) is 15.2. The van der Waals surface area contributed by atoms with Crippen molar-refractivity contribution < 1.29 is 0 Å². The molecule has 1 N–H and O–H groups in total. The van der Waals surface area contributed by atoms with Crippen molar-refractivity contribution in [1.82, 2.24) is 9.97 Å². The van der Waals surface area contributed by atoms with Gasteiger partial charge in [-0.3, -0.25) is 0 Å². The first kappa shape index (κ1) is 17.1. The topological polar surface area (TPSA) is 41.0 Å². The van der Waals surface area contributed by atoms with E-state index in [1.807, 2.05) is 17.8 Å². The lowest BCUT2D eigenvalue weighted by Crippen LogP contribution is -2.25. The molecule has 0 aromatic carbocycles. The predicted molar refractivity (Wildman–Crippen MR) is 91.2 cm³/mol. The maximum atomic E-state index is 4.73. The summed E-state index contributed by atoms with van der Waals surface area (Å²) in [5, 5.41) is 3.38. The fraction of sp³-hybridized carbons (Fsp3) is 0.733. The zero-order valence-electron chi connectivity index (χ0n) is 13.7. The van der Waals surface area contributed by atoms with Crippen molar-refractivity contribution >= 4 is 23.4 Å². The van der Waals surface area contributed by atoms with Gasteiger partial charge in [0.25, 0.3) is 0 Å². The first-order chi connectivity index (χ1) is 9.38. The van der Waals surface area contributed by atoms with Crippen LogP contribution in [0.15, 0.2) is 6.07 Å². The number of hydrogen-bond donors (Lipinski definition) is 1. The molecule has 1 aromatic heterocycles. The molecule has 0 saturated carbocycles. The van der Waals surface area contributed by atoms with Crippen LogP contribution in [0.3, 0.4) is 0 Å². The number of rotatable bonds is 7. The van der Waals surface area contributed by atoms with E-state index in [-0.39, 0.29) is 5.41 Å². The first-order valence-corrected chi connectivity index (χ1v) is 8.61. The average molecular weight is 296 g/mol. The van der Waals surface area contributed by atoms with Crippen LogP contribution in [0.5, 0.6) is 0 Å². The molecule has 0 fully saturated rings. The van der Waals surface area contributed by atoms with Crippen molar-refractivity contribution in [1.29, 1.82) is 0 Å². The van der Waals surface area contributed by atoms with Gasteiger partial charge in [-0.05, 0) is 12.7 Å². The minimum atomic E-state index is -0.0427. The first-order valence-electron chi connectivity index (χ1n) is 7.22. The molecule has 20 heavy (non-hydrogen) atoms. The molecule has 1 heterocycles. The molecule has 0 unspecified atom stereocenters. The van der Waals surface area contributed by atoms with Crippen LogP contribution in [0.2, 0.25) is 0 Å². The van der Waals surface area contributed by atoms with Gasteiger partial charge in [0.2, 0.25) is 0 Å². The highest BCUT2D eigenvalue weighted by atomic mass is 32.2. The predicted octanol–water partition coefficient (Wildman–Crippen LogP) is 3.40. The van der Waals surface area contributed by atoms with Gasteiger partial charge in [0, 0.05) is 37.4 Å². The monoisotopic (exact) mass is 296 g/mol. The molecular weight excluding hydrogens is 268 g/mol. The maximum absolute atomic E-state index is 4.73. The summed E-state index contributed by atoms with van der Waals surface area (Å²) >= 11 is 1.85. The van der Waals surface area contributed by atoms with Gasteiger partial charge >= 0.3 is 0 Å². The van der Waals surface area contributed by atoms with E-state index < -0.39 is 0 Å². The number of aromatic nitrogens is 2. The summed E-state index contributed by atoms with van der Waals surface area (Å²) in [6, 6.07) is 2.05. The quantitative estimate of drug-likeness (QED) is 0.835. The third-order valence-electron chi connectivity index (χ3n) is 2.96. The number of nitrogens with zero attached hydrogens (tertiary/aromatic N) is 3. The van der Waals surface area contributed by atoms with Crippen LogP contribution in [-0.2, 0) is 5.41 Å². The molecule has 0 bridgehead atoms. The molecule has 0 radical (unpaired) electrons. The Balaban J connectivity index is 3.02. The second-order valence-electron chi connectivity index (χ2n) is 6.03. The van der Waals surface area contributed by atoms with E-state index in [1.165, 1.54) is 0 Å². The molecule has 0 aliphatic heterocycles. The number of thioether (sulfide) groups is 1. The van der Waals surface area contributed by atoms with Crippen molar-refractivity contribution in [2.24, 2.45) is 0 Å². The summed E-state index contributed by atoms with van der Waals surface area (Å²) in [5.41, 5.74) is -0.0427. The molecule has 0 atom stereocenters. The van der Waals surface area contributed by atoms with Crippen LogP contribution in [0.4, 0.5) is 11.6 Å². The minimum Gasteiger partial charge on any atom is -0.370 e. The smallest absolute Gasteiger partial charge is 0.138 e. The van der Waals surface area contributed by atoms with Crippen LogP contribution in [0, 0.1) is 0 Å². The Hall–Kier alpha value is -0.970. The summed E-state index contributed by atoms with van der Waals surface area (Å²) < 4.78 is 0. The lowest BCUT2D eigenvalue weighted by atomic mass is 9.96. The molecule has 0 aliphatic carbocycles. The molecular formula is C15H28N4S. The SMILES string of the molecule is CCCNc1cc(N(C)CCSC)nc(C(C)(C)C)n1. The van der Waals surface area contributed by atoms with E-state index in [2.05, 4.69) is 56.2 Å². The molecule has 5 heteroatoms. The highest BCUT2D eigenvalue weighted by Gasteiger charge is 2.20. The second kappa shape index (κ2) is 7.72. The fourth-order valence-corrected chi connectivity index (χ4v) is 2.11. The number of nitrogens with one attached hydrogen (secondary N) is 1. The van der Waals surface area contributed by atoms with Crippen LogP contribution in [0.1, 0.15) is 39.9 Å². The lowest BCUT2D eigenvalue weighted by Gasteiger charge is -2.23. The van der Waals surface area contributed by atoms with Gasteiger partial charge in [0.15, 0.2) is 0 Å². The van der Waals surface area contributed by atoms with Crippen LogP contribution in [-0.4, -0.2) is 42.1 Å². The molecule has 4 nitrogen and oxygen atoms in total. The summed E-state index contributed by atoms with van der Waals surface area (Å²) in [6.45, 7) is 10.5. The van der Waals surface area contributed by atoms with Gasteiger partial charge in [-0.15, -0.1) is 0 Å². The van der Waals surface area contributed by atoms with E-state index in [4.69, 9.17) is 4.98 Å². The zero-order valence-corrected chi connectivity index (χ0v) is 14.5. The minimum absolute atomic E-state index is 0.0427. The molecule has 0 aliphatic rings. The third-order valence-corrected chi connectivity index (χ3v) is 3.55. The van der Waals surface area contributed by atoms with Crippen molar-refractivity contribution in [3.63, 3.8) is 0 Å². The summed E-state index contributed by atoms with van der Waals surface area (Å²) in [5.74, 6) is 3.92. The van der Waals surface area contributed by atoms with Crippen LogP contribution < -0.4 is 10.2 Å². The molecule has 0 saturated heterocycles. The Morgan fingerprint density at radius 2 is 2.00 bits per heavy atom. The van der Waals surface area contributed by atoms with Gasteiger partial charge in [-0.1, -0.05) is 27.7 Å². The van der Waals surface area contributed by atoms with Crippen molar-refractivity contribution in [2.45, 2.75) is 39.5 Å². The van der Waals surface area contributed by atoms with Gasteiger partial charge in [0.1, 0.15) is 17.5 Å². The Kier molecular flexibility index (Phi) is 6.59. The van der Waals surface area contributed by atoms with Crippen LogP contribution in [0.25, 0.3) is 0 Å². The van der Waals surface area contributed by atoms with Crippen LogP contribution >= 0.6 is 11.8 Å². The Labute approximate surface area is 127 Å². The fourth-order valence-electron chi connectivity index (χ4n) is 1.65. The average Bonchev–Trinajstić information content (AvgIpc) is 2.41. The molecule has 1 aromatic rings. The van der Waals surface area contributed by atoms with Gasteiger partial charge in [-0.2, -0.15) is 11.8 Å². The van der Waals surface area contributed by atoms with E-state index in [0.29, 0.717) is 0 Å². The van der Waals surface area contributed by atoms with Gasteiger partial charge < -0.3 is 10.2 Å². The Morgan fingerprint density at radius 1 is 1.30 bits per heavy atom.